The first-order chi connectivity index (χ1) is 8.76. The molecule has 0 bridgehead atoms. The fraction of sp³-hybridized carbons (Fsp3) is 0.909. The lowest BCUT2D eigenvalue weighted by Crippen LogP contribution is -2.44. The van der Waals surface area contributed by atoms with Gasteiger partial charge in [-0.3, -0.25) is 5.43 Å². The Balaban J connectivity index is 2.23. The fourth-order valence-corrected chi connectivity index (χ4v) is 1.75. The van der Waals surface area contributed by atoms with Crippen LogP contribution in [0.3, 0.4) is 0 Å². The van der Waals surface area contributed by atoms with E-state index in [1.165, 1.54) is 0 Å². The summed E-state index contributed by atoms with van der Waals surface area (Å²) in [6, 6.07) is 0. The maximum Gasteiger partial charge on any atom is 0.205 e. The molecule has 0 amide bonds. The van der Waals surface area contributed by atoms with Crippen molar-refractivity contribution in [1.29, 1.82) is 0 Å². The summed E-state index contributed by atoms with van der Waals surface area (Å²) in [5.41, 5.74) is 2.56. The summed E-state index contributed by atoms with van der Waals surface area (Å²) in [6.45, 7) is 4.77. The average molecular weight is 259 g/mol. The molecular formula is C11H25N5O2. The normalized spacial score (nSPS) is 21.9. The van der Waals surface area contributed by atoms with Crippen LogP contribution in [0.15, 0.2) is 4.99 Å². The number of rotatable bonds is 6. The number of morpholine rings is 1. The molecule has 1 unspecified atom stereocenters. The lowest BCUT2D eigenvalue weighted by molar-refractivity contribution is -0.0136. The third-order valence-electron chi connectivity index (χ3n) is 2.75. The van der Waals surface area contributed by atoms with Gasteiger partial charge in [-0.15, -0.1) is 0 Å². The van der Waals surface area contributed by atoms with Crippen LogP contribution in [-0.4, -0.2) is 70.5 Å². The summed E-state index contributed by atoms with van der Waals surface area (Å²) >= 11 is 0. The minimum absolute atomic E-state index is 0.146. The zero-order valence-electron chi connectivity index (χ0n) is 11.3. The standard InChI is InChI=1S/C11H25N5O2/c1-16-5-7-18-10(9-16)8-14-11(15-12)13-4-3-6-17-2/h10H,3-9,12H2,1-2H3,(H2,13,14,15). The molecular weight excluding hydrogens is 234 g/mol. The van der Waals surface area contributed by atoms with E-state index < -0.39 is 0 Å². The van der Waals surface area contributed by atoms with Gasteiger partial charge in [-0.2, -0.15) is 0 Å². The van der Waals surface area contributed by atoms with Crippen LogP contribution in [-0.2, 0) is 9.47 Å². The van der Waals surface area contributed by atoms with Crippen molar-refractivity contribution in [2.24, 2.45) is 10.8 Å². The molecule has 0 radical (unpaired) electrons. The molecule has 1 aliphatic rings. The Hall–Kier alpha value is -0.890. The van der Waals surface area contributed by atoms with Gasteiger partial charge in [-0.25, -0.2) is 10.8 Å². The van der Waals surface area contributed by atoms with Crippen molar-refractivity contribution < 1.29 is 9.47 Å². The topological polar surface area (TPSA) is 84.1 Å². The van der Waals surface area contributed by atoms with E-state index in [2.05, 4.69) is 27.7 Å². The Morgan fingerprint density at radius 3 is 3.11 bits per heavy atom. The van der Waals surface area contributed by atoms with Gasteiger partial charge in [-0.1, -0.05) is 0 Å². The highest BCUT2D eigenvalue weighted by Gasteiger charge is 2.17. The fourth-order valence-electron chi connectivity index (χ4n) is 1.75. The second-order valence-electron chi connectivity index (χ2n) is 4.36. The van der Waals surface area contributed by atoms with Gasteiger partial charge in [0, 0.05) is 33.4 Å². The molecule has 0 aromatic carbocycles. The molecule has 1 rings (SSSR count). The predicted molar refractivity (Wildman–Crippen MR) is 71.4 cm³/mol. The molecule has 1 aliphatic heterocycles. The Kier molecular flexibility index (Phi) is 7.66. The highest BCUT2D eigenvalue weighted by Crippen LogP contribution is 2.02. The first-order valence-electron chi connectivity index (χ1n) is 6.30. The van der Waals surface area contributed by atoms with E-state index in [1.807, 2.05) is 0 Å². The zero-order valence-corrected chi connectivity index (χ0v) is 11.3. The quantitative estimate of drug-likeness (QED) is 0.182. The van der Waals surface area contributed by atoms with Gasteiger partial charge in [0.25, 0.3) is 0 Å². The van der Waals surface area contributed by atoms with E-state index in [0.717, 1.165) is 39.3 Å². The third-order valence-corrected chi connectivity index (χ3v) is 2.75. The lowest BCUT2D eigenvalue weighted by atomic mass is 10.3. The Morgan fingerprint density at radius 2 is 2.44 bits per heavy atom. The van der Waals surface area contributed by atoms with Gasteiger partial charge >= 0.3 is 0 Å². The highest BCUT2D eigenvalue weighted by atomic mass is 16.5. The minimum atomic E-state index is 0.146. The Labute approximate surface area is 109 Å². The van der Waals surface area contributed by atoms with E-state index in [1.54, 1.807) is 7.11 Å². The van der Waals surface area contributed by atoms with Crippen LogP contribution in [0.1, 0.15) is 6.42 Å². The van der Waals surface area contributed by atoms with Crippen molar-refractivity contribution in [3.63, 3.8) is 0 Å². The molecule has 1 saturated heterocycles. The summed E-state index contributed by atoms with van der Waals surface area (Å²) in [6.07, 6.45) is 1.06. The van der Waals surface area contributed by atoms with E-state index in [4.69, 9.17) is 15.3 Å². The van der Waals surface area contributed by atoms with Crippen molar-refractivity contribution in [1.82, 2.24) is 15.6 Å². The van der Waals surface area contributed by atoms with Gasteiger partial charge in [0.1, 0.15) is 0 Å². The summed E-state index contributed by atoms with van der Waals surface area (Å²) in [5, 5.41) is 3.12. The molecule has 1 fully saturated rings. The number of ether oxygens (including phenoxy) is 2. The number of aliphatic imine (C=N–C) groups is 1. The number of likely N-dealkylation sites (N-methyl/N-ethyl adjacent to an activating group) is 1. The first kappa shape index (κ1) is 15.2. The molecule has 0 aromatic rings. The number of nitrogens with two attached hydrogens (primary N) is 1. The largest absolute Gasteiger partial charge is 0.385 e. The van der Waals surface area contributed by atoms with Crippen LogP contribution < -0.4 is 16.6 Å². The molecule has 0 spiro atoms. The molecule has 7 nitrogen and oxygen atoms in total. The summed E-state index contributed by atoms with van der Waals surface area (Å²) in [7, 11) is 3.78. The molecule has 4 N–H and O–H groups in total. The van der Waals surface area contributed by atoms with Crippen LogP contribution >= 0.6 is 0 Å². The van der Waals surface area contributed by atoms with Gasteiger partial charge in [0.05, 0.1) is 19.3 Å². The molecule has 18 heavy (non-hydrogen) atoms. The molecule has 0 saturated carbocycles. The van der Waals surface area contributed by atoms with Crippen LogP contribution in [0.4, 0.5) is 0 Å². The number of nitrogens with zero attached hydrogens (tertiary/aromatic N) is 2. The van der Waals surface area contributed by atoms with Crippen molar-refractivity contribution in [2.45, 2.75) is 12.5 Å². The lowest BCUT2D eigenvalue weighted by Gasteiger charge is -2.29. The zero-order chi connectivity index (χ0) is 13.2. The number of guanidine groups is 1. The van der Waals surface area contributed by atoms with Crippen LogP contribution in [0, 0.1) is 0 Å². The monoisotopic (exact) mass is 259 g/mol. The number of hydrogen-bond acceptors (Lipinski definition) is 5. The second kappa shape index (κ2) is 9.09. The van der Waals surface area contributed by atoms with Crippen molar-refractivity contribution >= 4 is 5.96 Å². The van der Waals surface area contributed by atoms with Crippen molar-refractivity contribution in [3.8, 4) is 0 Å². The molecule has 7 heteroatoms. The van der Waals surface area contributed by atoms with Crippen LogP contribution in [0.2, 0.25) is 0 Å². The van der Waals surface area contributed by atoms with E-state index >= 15 is 0 Å². The molecule has 0 aromatic heterocycles. The second-order valence-corrected chi connectivity index (χ2v) is 4.36. The SMILES string of the molecule is COCCCNC(=NCC1CN(C)CCO1)NN. The van der Waals surface area contributed by atoms with E-state index in [-0.39, 0.29) is 6.10 Å². The Bertz CT molecular complexity index is 250. The number of nitrogens with one attached hydrogen (secondary N) is 2. The van der Waals surface area contributed by atoms with E-state index in [0.29, 0.717) is 12.5 Å². The Morgan fingerprint density at radius 1 is 1.61 bits per heavy atom. The van der Waals surface area contributed by atoms with Crippen molar-refractivity contribution in [2.75, 3.05) is 53.6 Å². The van der Waals surface area contributed by atoms with E-state index in [9.17, 15) is 0 Å². The van der Waals surface area contributed by atoms with Gasteiger partial charge < -0.3 is 19.7 Å². The summed E-state index contributed by atoms with van der Waals surface area (Å²) in [5.74, 6) is 6.00. The number of hydrazine groups is 1. The summed E-state index contributed by atoms with van der Waals surface area (Å²) < 4.78 is 10.6. The van der Waals surface area contributed by atoms with Gasteiger partial charge in [0.2, 0.25) is 5.96 Å². The molecule has 1 atom stereocenters. The maximum absolute atomic E-state index is 5.62. The third kappa shape index (κ3) is 6.15. The molecule has 1 heterocycles. The minimum Gasteiger partial charge on any atom is -0.385 e. The average Bonchev–Trinajstić information content (AvgIpc) is 2.38. The van der Waals surface area contributed by atoms with Crippen molar-refractivity contribution in [3.05, 3.63) is 0 Å². The smallest absolute Gasteiger partial charge is 0.205 e. The van der Waals surface area contributed by atoms with Crippen LogP contribution in [0.5, 0.6) is 0 Å². The van der Waals surface area contributed by atoms with Gasteiger partial charge in [-0.05, 0) is 13.5 Å². The molecule has 0 aliphatic carbocycles. The predicted octanol–water partition coefficient (Wildman–Crippen LogP) is -1.24. The molecule has 106 valence electrons. The van der Waals surface area contributed by atoms with Gasteiger partial charge in [0.15, 0.2) is 0 Å². The summed E-state index contributed by atoms with van der Waals surface area (Å²) in [4.78, 5) is 6.62. The number of methoxy groups -OCH3 is 1. The highest BCUT2D eigenvalue weighted by molar-refractivity contribution is 5.79. The van der Waals surface area contributed by atoms with Crippen LogP contribution in [0.25, 0.3) is 0 Å². The maximum atomic E-state index is 5.62. The number of hydrogen-bond donors (Lipinski definition) is 3. The first-order valence-corrected chi connectivity index (χ1v) is 6.30.